The van der Waals surface area contributed by atoms with Crippen LogP contribution < -0.4 is 15.0 Å². The number of nitrogens with zero attached hydrogens (tertiary/aromatic N) is 3. The fourth-order valence-corrected chi connectivity index (χ4v) is 3.34. The zero-order valence-corrected chi connectivity index (χ0v) is 16.8. The average Bonchev–Trinajstić information content (AvgIpc) is 2.74. The van der Waals surface area contributed by atoms with Gasteiger partial charge >= 0.3 is 0 Å². The molecule has 0 atom stereocenters. The molecular weight excluding hydrogens is 372 g/mol. The van der Waals surface area contributed by atoms with Crippen molar-refractivity contribution in [3.63, 3.8) is 0 Å². The lowest BCUT2D eigenvalue weighted by Gasteiger charge is -2.33. The van der Waals surface area contributed by atoms with Gasteiger partial charge in [-0.25, -0.2) is 0 Å². The normalized spacial score (nSPS) is 14.5. The summed E-state index contributed by atoms with van der Waals surface area (Å²) < 4.78 is 5.13. The average molecular weight is 398 g/mol. The number of likely N-dealkylation sites (N-methyl/N-ethyl adjacent to an activating group) is 1. The minimum absolute atomic E-state index is 0.0302. The highest BCUT2D eigenvalue weighted by atomic mass is 16.6. The van der Waals surface area contributed by atoms with Gasteiger partial charge in [0.25, 0.3) is 11.6 Å². The second-order valence-electron chi connectivity index (χ2n) is 7.10. The van der Waals surface area contributed by atoms with Crippen LogP contribution in [0.3, 0.4) is 0 Å². The molecule has 0 aromatic heterocycles. The first kappa shape index (κ1) is 20.6. The van der Waals surface area contributed by atoms with Crippen molar-refractivity contribution in [2.45, 2.75) is 6.42 Å². The number of anilines is 1. The van der Waals surface area contributed by atoms with Gasteiger partial charge in [0.2, 0.25) is 0 Å². The summed E-state index contributed by atoms with van der Waals surface area (Å²) in [5, 5.41) is 14.4. The van der Waals surface area contributed by atoms with Gasteiger partial charge in [-0.1, -0.05) is 12.1 Å². The van der Waals surface area contributed by atoms with Crippen LogP contribution in [0.15, 0.2) is 42.5 Å². The minimum atomic E-state index is -0.415. The predicted octanol–water partition coefficient (Wildman–Crippen LogP) is 2.33. The first-order valence-corrected chi connectivity index (χ1v) is 9.61. The molecule has 1 fully saturated rings. The Balaban J connectivity index is 1.63. The van der Waals surface area contributed by atoms with Crippen molar-refractivity contribution in [3.05, 3.63) is 63.7 Å². The van der Waals surface area contributed by atoms with E-state index >= 15 is 0 Å². The molecule has 1 aliphatic rings. The Morgan fingerprint density at radius 3 is 2.45 bits per heavy atom. The Hall–Kier alpha value is -3.13. The van der Waals surface area contributed by atoms with Crippen molar-refractivity contribution in [2.75, 3.05) is 51.8 Å². The summed E-state index contributed by atoms with van der Waals surface area (Å²) in [6.45, 7) is 3.60. The molecule has 1 amide bonds. The van der Waals surface area contributed by atoms with Crippen molar-refractivity contribution >= 4 is 17.3 Å². The zero-order chi connectivity index (χ0) is 20.8. The Morgan fingerprint density at radius 1 is 1.14 bits per heavy atom. The van der Waals surface area contributed by atoms with Crippen LogP contribution in [0, 0.1) is 10.1 Å². The number of hydrogen-bond acceptors (Lipinski definition) is 6. The van der Waals surface area contributed by atoms with E-state index in [-0.39, 0.29) is 11.6 Å². The van der Waals surface area contributed by atoms with E-state index in [9.17, 15) is 14.9 Å². The summed E-state index contributed by atoms with van der Waals surface area (Å²) in [5.41, 5.74) is 1.90. The Kier molecular flexibility index (Phi) is 6.66. The maximum Gasteiger partial charge on any atom is 0.293 e. The smallest absolute Gasteiger partial charge is 0.293 e. The molecule has 0 aliphatic carbocycles. The topological polar surface area (TPSA) is 88.0 Å². The van der Waals surface area contributed by atoms with E-state index in [1.165, 1.54) is 6.07 Å². The molecule has 2 aromatic carbocycles. The van der Waals surface area contributed by atoms with Gasteiger partial charge in [-0.3, -0.25) is 14.9 Å². The van der Waals surface area contributed by atoms with E-state index in [1.807, 2.05) is 36.2 Å². The summed E-state index contributed by atoms with van der Waals surface area (Å²) >= 11 is 0. The Labute approximate surface area is 170 Å². The van der Waals surface area contributed by atoms with Gasteiger partial charge in [0, 0.05) is 44.4 Å². The van der Waals surface area contributed by atoms with Crippen LogP contribution >= 0.6 is 0 Å². The van der Waals surface area contributed by atoms with Gasteiger partial charge in [-0.15, -0.1) is 0 Å². The number of carbonyl (C=O) groups is 1. The standard InChI is InChI=1S/C21H26N4O4/c1-23-11-13-24(14-12-23)19-8-5-17(15-20(19)25(27)28)21(26)22-10-9-16-3-6-18(29-2)7-4-16/h3-8,15H,9-14H2,1-2H3,(H,22,26). The van der Waals surface area contributed by atoms with Crippen molar-refractivity contribution in [1.82, 2.24) is 10.2 Å². The number of benzene rings is 2. The molecular formula is C21H26N4O4. The van der Waals surface area contributed by atoms with Gasteiger partial charge in [-0.2, -0.15) is 0 Å². The van der Waals surface area contributed by atoms with Crippen LogP contribution in [-0.4, -0.2) is 62.6 Å². The molecule has 8 nitrogen and oxygen atoms in total. The molecule has 1 N–H and O–H groups in total. The van der Waals surface area contributed by atoms with Crippen LogP contribution in [-0.2, 0) is 6.42 Å². The summed E-state index contributed by atoms with van der Waals surface area (Å²) in [6, 6.07) is 12.3. The van der Waals surface area contributed by atoms with Crippen LogP contribution in [0.5, 0.6) is 5.75 Å². The third kappa shape index (κ3) is 5.23. The number of nitro groups is 1. The summed E-state index contributed by atoms with van der Waals surface area (Å²) in [4.78, 5) is 27.8. The highest BCUT2D eigenvalue weighted by molar-refractivity contribution is 5.95. The molecule has 154 valence electrons. The predicted molar refractivity (Wildman–Crippen MR) is 112 cm³/mol. The van der Waals surface area contributed by atoms with Gasteiger partial charge in [0.05, 0.1) is 12.0 Å². The molecule has 1 heterocycles. The van der Waals surface area contributed by atoms with E-state index in [1.54, 1.807) is 19.2 Å². The number of piperazine rings is 1. The van der Waals surface area contributed by atoms with E-state index in [0.29, 0.717) is 24.2 Å². The monoisotopic (exact) mass is 398 g/mol. The van der Waals surface area contributed by atoms with E-state index in [2.05, 4.69) is 10.2 Å². The van der Waals surface area contributed by atoms with Gasteiger partial charge in [0.1, 0.15) is 11.4 Å². The molecule has 1 saturated heterocycles. The molecule has 8 heteroatoms. The van der Waals surface area contributed by atoms with Gasteiger partial charge in [-0.05, 0) is 43.3 Å². The van der Waals surface area contributed by atoms with Crippen LogP contribution in [0.4, 0.5) is 11.4 Å². The largest absolute Gasteiger partial charge is 0.497 e. The van der Waals surface area contributed by atoms with E-state index in [0.717, 1.165) is 37.5 Å². The highest BCUT2D eigenvalue weighted by Crippen LogP contribution is 2.30. The SMILES string of the molecule is COc1ccc(CCNC(=O)c2ccc(N3CCN(C)CC3)c([N+](=O)[O-])c2)cc1. The number of methoxy groups -OCH3 is 1. The summed E-state index contributed by atoms with van der Waals surface area (Å²) in [6.07, 6.45) is 0.664. The summed E-state index contributed by atoms with van der Waals surface area (Å²) in [7, 11) is 3.65. The number of hydrogen-bond donors (Lipinski definition) is 1. The van der Waals surface area contributed by atoms with Crippen molar-refractivity contribution < 1.29 is 14.5 Å². The first-order chi connectivity index (χ1) is 14.0. The lowest BCUT2D eigenvalue weighted by Crippen LogP contribution is -2.44. The molecule has 0 unspecified atom stereocenters. The molecule has 0 spiro atoms. The Bertz CT molecular complexity index is 861. The van der Waals surface area contributed by atoms with Crippen molar-refractivity contribution in [2.24, 2.45) is 0 Å². The van der Waals surface area contributed by atoms with Crippen LogP contribution in [0.2, 0.25) is 0 Å². The number of ether oxygens (including phenoxy) is 1. The lowest BCUT2D eigenvalue weighted by molar-refractivity contribution is -0.384. The third-order valence-electron chi connectivity index (χ3n) is 5.14. The third-order valence-corrected chi connectivity index (χ3v) is 5.14. The molecule has 0 saturated carbocycles. The van der Waals surface area contributed by atoms with Gasteiger partial charge in [0.15, 0.2) is 0 Å². The zero-order valence-electron chi connectivity index (χ0n) is 16.8. The molecule has 29 heavy (non-hydrogen) atoms. The maximum atomic E-state index is 12.5. The summed E-state index contributed by atoms with van der Waals surface area (Å²) in [5.74, 6) is 0.470. The fraction of sp³-hybridized carbons (Fsp3) is 0.381. The van der Waals surface area contributed by atoms with Crippen LogP contribution in [0.25, 0.3) is 0 Å². The number of rotatable bonds is 7. The molecule has 1 aliphatic heterocycles. The van der Waals surface area contributed by atoms with Crippen molar-refractivity contribution in [3.8, 4) is 5.75 Å². The molecule has 0 radical (unpaired) electrons. The maximum absolute atomic E-state index is 12.5. The molecule has 2 aromatic rings. The van der Waals surface area contributed by atoms with Crippen molar-refractivity contribution in [1.29, 1.82) is 0 Å². The number of nitrogens with one attached hydrogen (secondary N) is 1. The fourth-order valence-electron chi connectivity index (χ4n) is 3.34. The number of carbonyl (C=O) groups excluding carboxylic acids is 1. The highest BCUT2D eigenvalue weighted by Gasteiger charge is 2.24. The minimum Gasteiger partial charge on any atom is -0.497 e. The first-order valence-electron chi connectivity index (χ1n) is 9.61. The number of amides is 1. The molecule has 0 bridgehead atoms. The quantitative estimate of drug-likeness (QED) is 0.569. The van der Waals surface area contributed by atoms with Crippen LogP contribution in [0.1, 0.15) is 15.9 Å². The second-order valence-corrected chi connectivity index (χ2v) is 7.10. The number of nitro benzene ring substituents is 1. The van der Waals surface area contributed by atoms with E-state index in [4.69, 9.17) is 4.74 Å². The lowest BCUT2D eigenvalue weighted by atomic mass is 10.1. The Morgan fingerprint density at radius 2 is 1.83 bits per heavy atom. The van der Waals surface area contributed by atoms with E-state index < -0.39 is 4.92 Å². The molecule has 3 rings (SSSR count). The second kappa shape index (κ2) is 9.38. The van der Waals surface area contributed by atoms with Gasteiger partial charge < -0.3 is 19.9 Å².